The van der Waals surface area contributed by atoms with E-state index in [2.05, 4.69) is 35.6 Å². The Bertz CT molecular complexity index is 548. The van der Waals surface area contributed by atoms with Crippen LogP contribution >= 0.6 is 11.6 Å². The quantitative estimate of drug-likeness (QED) is 0.431. The van der Waals surface area contributed by atoms with E-state index in [-0.39, 0.29) is 12.0 Å². The molecule has 2 unspecified atom stereocenters. The first-order chi connectivity index (χ1) is 8.82. The van der Waals surface area contributed by atoms with Gasteiger partial charge in [-0.2, -0.15) is 0 Å². The van der Waals surface area contributed by atoms with Crippen LogP contribution in [0.5, 0.6) is 0 Å². The molecule has 0 aromatic rings. The number of allylic oxidation sites excluding steroid dienone is 1. The van der Waals surface area contributed by atoms with Gasteiger partial charge < -0.3 is 4.90 Å². The summed E-state index contributed by atoms with van der Waals surface area (Å²) >= 11 is 6.36. The van der Waals surface area contributed by atoms with Crippen molar-refractivity contribution < 1.29 is 4.58 Å². The van der Waals surface area contributed by atoms with Gasteiger partial charge in [-0.25, -0.2) is 9.57 Å². The van der Waals surface area contributed by atoms with Crippen molar-refractivity contribution in [3.63, 3.8) is 0 Å². The summed E-state index contributed by atoms with van der Waals surface area (Å²) in [5.74, 6) is 0.149. The highest BCUT2D eigenvalue weighted by Crippen LogP contribution is 2.35. The number of aliphatic imine (C=N–C) groups is 2. The van der Waals surface area contributed by atoms with Crippen molar-refractivity contribution in [2.75, 3.05) is 28.2 Å². The van der Waals surface area contributed by atoms with Gasteiger partial charge in [-0.05, 0) is 21.0 Å². The van der Waals surface area contributed by atoms with Gasteiger partial charge >= 0.3 is 0 Å². The number of halogens is 1. The molecule has 2 heterocycles. The summed E-state index contributed by atoms with van der Waals surface area (Å²) in [5.41, 5.74) is 3.71. The molecule has 102 valence electrons. The Morgan fingerprint density at radius 3 is 2.47 bits per heavy atom. The molecular formula is C14H20ClN4+. The van der Waals surface area contributed by atoms with Gasteiger partial charge in [0.2, 0.25) is 0 Å². The van der Waals surface area contributed by atoms with Gasteiger partial charge in [0, 0.05) is 5.71 Å². The van der Waals surface area contributed by atoms with Gasteiger partial charge in [0.1, 0.15) is 19.3 Å². The van der Waals surface area contributed by atoms with E-state index in [4.69, 9.17) is 11.6 Å². The molecule has 0 amide bonds. The first kappa shape index (κ1) is 14.2. The predicted octanol–water partition coefficient (Wildman–Crippen LogP) is 1.77. The summed E-state index contributed by atoms with van der Waals surface area (Å²) in [6, 6.07) is 0.144. The summed E-state index contributed by atoms with van der Waals surface area (Å²) in [5, 5.41) is 0.532. The predicted molar refractivity (Wildman–Crippen MR) is 81.7 cm³/mol. The fourth-order valence-corrected chi connectivity index (χ4v) is 2.94. The highest BCUT2D eigenvalue weighted by atomic mass is 35.5. The minimum absolute atomic E-state index is 0.144. The van der Waals surface area contributed by atoms with Crippen LogP contribution in [0.1, 0.15) is 6.92 Å². The van der Waals surface area contributed by atoms with Gasteiger partial charge in [-0.1, -0.05) is 18.2 Å². The average molecular weight is 280 g/mol. The maximum atomic E-state index is 6.36. The van der Waals surface area contributed by atoms with E-state index in [9.17, 15) is 0 Å². The van der Waals surface area contributed by atoms with Crippen molar-refractivity contribution in [2.24, 2.45) is 15.9 Å². The third-order valence-electron chi connectivity index (χ3n) is 3.40. The molecule has 4 nitrogen and oxygen atoms in total. The maximum absolute atomic E-state index is 6.36. The third kappa shape index (κ3) is 2.42. The molecule has 2 atom stereocenters. The zero-order chi connectivity index (χ0) is 14.3. The lowest BCUT2D eigenvalue weighted by Gasteiger charge is -2.33. The molecule has 0 aromatic carbocycles. The Balaban J connectivity index is 2.59. The number of hydrogen-bond donors (Lipinski definition) is 0. The fraction of sp³-hybridized carbons (Fsp3) is 0.500. The Hall–Kier alpha value is -1.26. The van der Waals surface area contributed by atoms with E-state index in [1.165, 1.54) is 0 Å². The normalized spacial score (nSPS) is 26.4. The van der Waals surface area contributed by atoms with Crippen molar-refractivity contribution in [3.05, 3.63) is 23.0 Å². The minimum Gasteiger partial charge on any atom is -0.301 e. The first-order valence-electron chi connectivity index (χ1n) is 6.23. The van der Waals surface area contributed by atoms with Crippen molar-refractivity contribution in [2.45, 2.75) is 13.0 Å². The monoisotopic (exact) mass is 279 g/mol. The van der Waals surface area contributed by atoms with E-state index < -0.39 is 0 Å². The third-order valence-corrected chi connectivity index (χ3v) is 3.70. The van der Waals surface area contributed by atoms with Crippen LogP contribution in [0.25, 0.3) is 0 Å². The minimum atomic E-state index is 0.144. The van der Waals surface area contributed by atoms with E-state index in [0.717, 1.165) is 22.7 Å². The molecule has 0 aliphatic carbocycles. The molecule has 2 aliphatic heterocycles. The lowest BCUT2D eigenvalue weighted by atomic mass is 9.84. The topological polar surface area (TPSA) is 31.0 Å². The molecule has 0 fully saturated rings. The second-order valence-corrected chi connectivity index (χ2v) is 5.78. The lowest BCUT2D eigenvalue weighted by molar-refractivity contribution is -0.459. The molecule has 0 saturated carbocycles. The van der Waals surface area contributed by atoms with Crippen molar-refractivity contribution in [1.82, 2.24) is 4.90 Å². The van der Waals surface area contributed by atoms with Crippen LogP contribution in [0, 0.1) is 5.92 Å². The maximum Gasteiger partial charge on any atom is 0.170 e. The molecule has 0 spiro atoms. The van der Waals surface area contributed by atoms with Crippen LogP contribution in [0.15, 0.2) is 33.0 Å². The summed E-state index contributed by atoms with van der Waals surface area (Å²) in [4.78, 5) is 11.1. The van der Waals surface area contributed by atoms with Gasteiger partial charge in [0.25, 0.3) is 0 Å². The van der Waals surface area contributed by atoms with Crippen LogP contribution in [0.2, 0.25) is 0 Å². The number of rotatable bonds is 2. The standard InChI is InChI=1S/C14H20ClN4/c1-8-11-12(9(2)16-8)17-14(15)10(7-18(3)4)13(11)19(5)6/h7,11,13H,2H2,1,3-6H3/q+1. The highest BCUT2D eigenvalue weighted by molar-refractivity contribution is 6.34. The fourth-order valence-electron chi connectivity index (χ4n) is 2.69. The number of hydrogen-bond acceptors (Lipinski definition) is 3. The van der Waals surface area contributed by atoms with Crippen molar-refractivity contribution in [1.29, 1.82) is 0 Å². The summed E-state index contributed by atoms with van der Waals surface area (Å²) < 4.78 is 1.99. The van der Waals surface area contributed by atoms with Crippen LogP contribution in [0.4, 0.5) is 0 Å². The number of fused-ring (bicyclic) bond motifs is 1. The summed E-state index contributed by atoms with van der Waals surface area (Å²) in [6.07, 6.45) is 2.03. The van der Waals surface area contributed by atoms with Crippen LogP contribution < -0.4 is 0 Å². The van der Waals surface area contributed by atoms with Crippen LogP contribution in [-0.4, -0.2) is 61.3 Å². The summed E-state index contributed by atoms with van der Waals surface area (Å²) in [7, 11) is 8.07. The zero-order valence-electron chi connectivity index (χ0n) is 12.1. The van der Waals surface area contributed by atoms with Gasteiger partial charge in [0.15, 0.2) is 6.21 Å². The van der Waals surface area contributed by atoms with Gasteiger partial charge in [-0.3, -0.25) is 4.99 Å². The van der Waals surface area contributed by atoms with Crippen LogP contribution in [0.3, 0.4) is 0 Å². The highest BCUT2D eigenvalue weighted by Gasteiger charge is 2.42. The molecule has 0 bridgehead atoms. The largest absolute Gasteiger partial charge is 0.301 e. The van der Waals surface area contributed by atoms with E-state index in [1.807, 2.05) is 31.8 Å². The Kier molecular flexibility index (Phi) is 3.74. The molecule has 19 heavy (non-hydrogen) atoms. The van der Waals surface area contributed by atoms with Crippen molar-refractivity contribution in [3.8, 4) is 0 Å². The van der Waals surface area contributed by atoms with Gasteiger partial charge in [0.05, 0.1) is 28.9 Å². The lowest BCUT2D eigenvalue weighted by Crippen LogP contribution is -2.45. The molecule has 5 heteroatoms. The average Bonchev–Trinajstić information content (AvgIpc) is 2.54. The van der Waals surface area contributed by atoms with E-state index >= 15 is 0 Å². The Morgan fingerprint density at radius 1 is 1.32 bits per heavy atom. The van der Waals surface area contributed by atoms with Gasteiger partial charge in [-0.15, -0.1) is 0 Å². The molecular weight excluding hydrogens is 260 g/mol. The first-order valence-corrected chi connectivity index (χ1v) is 6.61. The van der Waals surface area contributed by atoms with E-state index in [0.29, 0.717) is 5.16 Å². The molecule has 0 N–H and O–H groups in total. The Morgan fingerprint density at radius 2 is 1.95 bits per heavy atom. The SMILES string of the molecule is C=C1N=C(C)C2C1=NC(Cl)=C(C=[N+](C)C)C2N(C)C. The smallest absolute Gasteiger partial charge is 0.170 e. The van der Waals surface area contributed by atoms with Crippen molar-refractivity contribution >= 4 is 29.2 Å². The van der Waals surface area contributed by atoms with Crippen LogP contribution in [-0.2, 0) is 0 Å². The molecule has 0 aromatic heterocycles. The number of nitrogens with zero attached hydrogens (tertiary/aromatic N) is 4. The molecule has 0 radical (unpaired) electrons. The van der Waals surface area contributed by atoms with E-state index in [1.54, 1.807) is 0 Å². The number of likely N-dealkylation sites (N-methyl/N-ethyl adjacent to an activating group) is 1. The Labute approximate surface area is 119 Å². The molecule has 2 rings (SSSR count). The second-order valence-electron chi connectivity index (χ2n) is 5.42. The summed E-state index contributed by atoms with van der Waals surface area (Å²) in [6.45, 7) is 5.99. The second kappa shape index (κ2) is 5.02. The molecule has 2 aliphatic rings. The zero-order valence-corrected chi connectivity index (χ0v) is 12.9. The molecule has 0 saturated heterocycles.